The Balaban J connectivity index is 1.93. The van der Waals surface area contributed by atoms with Gasteiger partial charge in [-0.15, -0.1) is 0 Å². The second-order valence-corrected chi connectivity index (χ2v) is 5.72. The Bertz CT molecular complexity index is 610. The first-order valence-corrected chi connectivity index (χ1v) is 7.91. The van der Waals surface area contributed by atoms with Gasteiger partial charge in [-0.25, -0.2) is 0 Å². The van der Waals surface area contributed by atoms with Crippen LogP contribution in [0.4, 0.5) is 0 Å². The Morgan fingerprint density at radius 1 is 1.11 bits per heavy atom. The predicted molar refractivity (Wildman–Crippen MR) is 82.6 cm³/mol. The van der Waals surface area contributed by atoms with Crippen molar-refractivity contribution >= 4 is 27.5 Å². The molecule has 3 rings (SSSR count). The molecular weight excluding hydrogens is 324 g/mol. The van der Waals surface area contributed by atoms with Gasteiger partial charge >= 0.3 is 0 Å². The third-order valence-corrected chi connectivity index (χ3v) is 4.38. The number of hydrogen-bond acceptors (Lipinski definition) is 1. The summed E-state index contributed by atoms with van der Waals surface area (Å²) in [6.07, 6.45) is 3.59. The number of rotatable bonds is 3. The number of halogens is 2. The third kappa shape index (κ3) is 2.65. The number of fused-ring (bicyclic) bond motifs is 1. The highest BCUT2D eigenvalue weighted by Crippen LogP contribution is 2.35. The van der Waals surface area contributed by atoms with Crippen molar-refractivity contribution in [3.05, 3.63) is 58.1 Å². The summed E-state index contributed by atoms with van der Waals surface area (Å²) in [7, 11) is 0. The first-order chi connectivity index (χ1) is 9.28. The maximum atomic E-state index is 6.23. The van der Waals surface area contributed by atoms with E-state index in [9.17, 15) is 0 Å². The molecule has 0 atom stereocenters. The van der Waals surface area contributed by atoms with Crippen LogP contribution < -0.4 is 4.74 Å². The average Bonchev–Trinajstić information content (AvgIpc) is 2.88. The molecule has 1 nitrogen and oxygen atoms in total. The smallest absolute Gasteiger partial charge is 0.150 e. The van der Waals surface area contributed by atoms with Crippen LogP contribution in [0.5, 0.6) is 11.5 Å². The summed E-state index contributed by atoms with van der Waals surface area (Å²) in [4.78, 5) is 0. The zero-order valence-electron chi connectivity index (χ0n) is 10.5. The second-order valence-electron chi connectivity index (χ2n) is 4.75. The predicted octanol–water partition coefficient (Wildman–Crippen LogP) is 5.52. The molecular formula is C16H14BrClO. The van der Waals surface area contributed by atoms with Gasteiger partial charge in [0.25, 0.3) is 0 Å². The van der Waals surface area contributed by atoms with E-state index in [1.807, 2.05) is 24.3 Å². The molecule has 0 aliphatic heterocycles. The number of benzene rings is 2. The molecule has 0 heterocycles. The normalized spacial score (nSPS) is 13.4. The number of hydrogen-bond donors (Lipinski definition) is 0. The molecule has 0 aromatic heterocycles. The van der Waals surface area contributed by atoms with Crippen molar-refractivity contribution in [1.29, 1.82) is 0 Å². The van der Waals surface area contributed by atoms with Crippen molar-refractivity contribution in [3.8, 4) is 11.5 Å². The van der Waals surface area contributed by atoms with E-state index in [0.717, 1.165) is 28.8 Å². The van der Waals surface area contributed by atoms with Crippen LogP contribution in [0, 0.1) is 0 Å². The maximum Gasteiger partial charge on any atom is 0.150 e. The summed E-state index contributed by atoms with van der Waals surface area (Å²) in [5.41, 5.74) is 3.92. The zero-order chi connectivity index (χ0) is 13.2. The van der Waals surface area contributed by atoms with Gasteiger partial charge in [0, 0.05) is 10.9 Å². The number of alkyl halides is 1. The van der Waals surface area contributed by atoms with Gasteiger partial charge in [0.2, 0.25) is 0 Å². The number of para-hydroxylation sites is 1. The molecule has 19 heavy (non-hydrogen) atoms. The monoisotopic (exact) mass is 336 g/mol. The van der Waals surface area contributed by atoms with Gasteiger partial charge in [-0.3, -0.25) is 0 Å². The minimum atomic E-state index is 0.650. The highest BCUT2D eigenvalue weighted by Gasteiger charge is 2.13. The van der Waals surface area contributed by atoms with Crippen molar-refractivity contribution in [1.82, 2.24) is 0 Å². The van der Waals surface area contributed by atoms with Crippen LogP contribution in [-0.4, -0.2) is 0 Å². The van der Waals surface area contributed by atoms with Crippen molar-refractivity contribution in [2.45, 2.75) is 24.6 Å². The van der Waals surface area contributed by atoms with Gasteiger partial charge in [0.05, 0.1) is 5.02 Å². The fourth-order valence-corrected chi connectivity index (χ4v) is 3.18. The lowest BCUT2D eigenvalue weighted by atomic mass is 10.1. The van der Waals surface area contributed by atoms with Gasteiger partial charge in [-0.2, -0.15) is 0 Å². The SMILES string of the molecule is Clc1cccc(CBr)c1Oc1ccc2c(c1)CCC2. The summed E-state index contributed by atoms with van der Waals surface area (Å²) in [6.45, 7) is 0. The molecule has 0 saturated heterocycles. The molecule has 2 aromatic carbocycles. The molecule has 0 radical (unpaired) electrons. The van der Waals surface area contributed by atoms with Crippen LogP contribution in [0.2, 0.25) is 5.02 Å². The van der Waals surface area contributed by atoms with Crippen LogP contribution in [0.1, 0.15) is 23.1 Å². The third-order valence-electron chi connectivity index (χ3n) is 3.48. The standard InChI is InChI=1S/C16H14BrClO/c17-10-13-5-2-6-15(18)16(13)19-14-8-7-11-3-1-4-12(11)9-14/h2,5-9H,1,3-4,10H2. The van der Waals surface area contributed by atoms with E-state index in [2.05, 4.69) is 28.1 Å². The Kier molecular flexibility index (Phi) is 3.81. The van der Waals surface area contributed by atoms with Crippen LogP contribution in [0.15, 0.2) is 36.4 Å². The van der Waals surface area contributed by atoms with Gasteiger partial charge < -0.3 is 4.74 Å². The molecule has 0 bridgehead atoms. The molecule has 2 aromatic rings. The Hall–Kier alpha value is -0.990. The molecule has 0 saturated carbocycles. The molecule has 3 heteroatoms. The second kappa shape index (κ2) is 5.56. The van der Waals surface area contributed by atoms with Crippen molar-refractivity contribution in [2.24, 2.45) is 0 Å². The fraction of sp³-hybridized carbons (Fsp3) is 0.250. The van der Waals surface area contributed by atoms with Crippen LogP contribution in [-0.2, 0) is 18.2 Å². The minimum Gasteiger partial charge on any atom is -0.455 e. The van der Waals surface area contributed by atoms with E-state index in [-0.39, 0.29) is 0 Å². The quantitative estimate of drug-likeness (QED) is 0.670. The largest absolute Gasteiger partial charge is 0.455 e. The van der Waals surface area contributed by atoms with E-state index in [0.29, 0.717) is 5.02 Å². The van der Waals surface area contributed by atoms with Gasteiger partial charge in [0.1, 0.15) is 11.5 Å². The Labute approximate surface area is 126 Å². The molecule has 0 spiro atoms. The summed E-state index contributed by atoms with van der Waals surface area (Å²) in [5, 5.41) is 1.38. The van der Waals surface area contributed by atoms with E-state index in [4.69, 9.17) is 16.3 Å². The fourth-order valence-electron chi connectivity index (χ4n) is 2.50. The van der Waals surface area contributed by atoms with E-state index < -0.39 is 0 Å². The van der Waals surface area contributed by atoms with Gasteiger partial charge in [-0.05, 0) is 48.6 Å². The molecule has 0 N–H and O–H groups in total. The van der Waals surface area contributed by atoms with Crippen LogP contribution in [0.3, 0.4) is 0 Å². The Morgan fingerprint density at radius 2 is 1.95 bits per heavy atom. The molecule has 1 aliphatic carbocycles. The maximum absolute atomic E-state index is 6.23. The molecule has 0 unspecified atom stereocenters. The van der Waals surface area contributed by atoms with E-state index in [1.165, 1.54) is 24.0 Å². The van der Waals surface area contributed by atoms with Crippen molar-refractivity contribution in [3.63, 3.8) is 0 Å². The number of ether oxygens (including phenoxy) is 1. The highest BCUT2D eigenvalue weighted by molar-refractivity contribution is 9.08. The van der Waals surface area contributed by atoms with E-state index in [1.54, 1.807) is 0 Å². The first kappa shape index (κ1) is 13.0. The van der Waals surface area contributed by atoms with Crippen LogP contribution in [0.25, 0.3) is 0 Å². The summed E-state index contributed by atoms with van der Waals surface area (Å²) >= 11 is 9.70. The van der Waals surface area contributed by atoms with Crippen molar-refractivity contribution < 1.29 is 4.74 Å². The Morgan fingerprint density at radius 3 is 2.79 bits per heavy atom. The van der Waals surface area contributed by atoms with Crippen molar-refractivity contribution in [2.75, 3.05) is 0 Å². The first-order valence-electron chi connectivity index (χ1n) is 6.41. The summed E-state index contributed by atoms with van der Waals surface area (Å²) in [5.74, 6) is 1.62. The summed E-state index contributed by atoms with van der Waals surface area (Å²) < 4.78 is 5.99. The zero-order valence-corrected chi connectivity index (χ0v) is 12.8. The van der Waals surface area contributed by atoms with Gasteiger partial charge in [0.15, 0.2) is 0 Å². The lowest BCUT2D eigenvalue weighted by Crippen LogP contribution is -1.92. The average molecular weight is 338 g/mol. The van der Waals surface area contributed by atoms with Crippen LogP contribution >= 0.6 is 27.5 Å². The van der Waals surface area contributed by atoms with E-state index >= 15 is 0 Å². The molecule has 98 valence electrons. The highest BCUT2D eigenvalue weighted by atomic mass is 79.9. The minimum absolute atomic E-state index is 0.650. The topological polar surface area (TPSA) is 9.23 Å². The molecule has 0 amide bonds. The molecule has 1 aliphatic rings. The summed E-state index contributed by atoms with van der Waals surface area (Å²) in [6, 6.07) is 12.2. The lowest BCUT2D eigenvalue weighted by molar-refractivity contribution is 0.478. The van der Waals surface area contributed by atoms with Gasteiger partial charge in [-0.1, -0.05) is 45.7 Å². The lowest BCUT2D eigenvalue weighted by Gasteiger charge is -2.12. The molecule has 0 fully saturated rings. The number of aryl methyl sites for hydroxylation is 2.